The van der Waals surface area contributed by atoms with Crippen LogP contribution < -0.4 is 10.6 Å². The molecule has 26 heavy (non-hydrogen) atoms. The van der Waals surface area contributed by atoms with E-state index >= 15 is 0 Å². The normalized spacial score (nSPS) is 10.1. The summed E-state index contributed by atoms with van der Waals surface area (Å²) in [4.78, 5) is 35.4. The smallest absolute Gasteiger partial charge is 0.338 e. The number of hydrogen-bond donors (Lipinski definition) is 2. The number of anilines is 1. The molecule has 2 rings (SSSR count). The van der Waals surface area contributed by atoms with Crippen LogP contribution in [0.15, 0.2) is 48.5 Å². The molecule has 0 radical (unpaired) electrons. The van der Waals surface area contributed by atoms with Crippen LogP contribution in [-0.2, 0) is 20.9 Å². The van der Waals surface area contributed by atoms with Crippen LogP contribution in [-0.4, -0.2) is 24.4 Å². The summed E-state index contributed by atoms with van der Waals surface area (Å²) in [5, 5.41) is 5.35. The van der Waals surface area contributed by atoms with Gasteiger partial charge in [-0.15, -0.1) is 0 Å². The highest BCUT2D eigenvalue weighted by atomic mass is 16.5. The minimum absolute atomic E-state index is 0.272. The van der Waals surface area contributed by atoms with E-state index in [0.29, 0.717) is 24.4 Å². The first kappa shape index (κ1) is 19.2. The number of rotatable bonds is 7. The topological polar surface area (TPSA) is 84.5 Å². The molecule has 0 unspecified atom stereocenters. The van der Waals surface area contributed by atoms with E-state index in [9.17, 15) is 14.4 Å². The number of hydrogen-bond acceptors (Lipinski definition) is 4. The Morgan fingerprint density at radius 1 is 1.00 bits per heavy atom. The summed E-state index contributed by atoms with van der Waals surface area (Å²) in [6.07, 6.45) is -0.272. The van der Waals surface area contributed by atoms with Crippen LogP contribution in [0.2, 0.25) is 0 Å². The van der Waals surface area contributed by atoms with Crippen LogP contribution in [0.5, 0.6) is 0 Å². The molecule has 0 aliphatic rings. The number of carbonyl (C=O) groups is 3. The Hall–Kier alpha value is -3.15. The van der Waals surface area contributed by atoms with Crippen molar-refractivity contribution in [2.75, 3.05) is 11.9 Å². The number of amides is 2. The second-order valence-corrected chi connectivity index (χ2v) is 5.79. The SMILES string of the molecule is CCOC(=O)c1ccc(NC(=O)CC(=O)NCc2cccc(C)c2)cc1. The van der Waals surface area contributed by atoms with Crippen molar-refractivity contribution in [2.24, 2.45) is 0 Å². The molecule has 0 saturated carbocycles. The fourth-order valence-electron chi connectivity index (χ4n) is 2.34. The van der Waals surface area contributed by atoms with Crippen molar-refractivity contribution >= 4 is 23.5 Å². The van der Waals surface area contributed by atoms with E-state index < -0.39 is 11.9 Å². The van der Waals surface area contributed by atoms with Gasteiger partial charge in [0.1, 0.15) is 6.42 Å². The lowest BCUT2D eigenvalue weighted by Crippen LogP contribution is -2.27. The maximum absolute atomic E-state index is 11.9. The monoisotopic (exact) mass is 354 g/mol. The van der Waals surface area contributed by atoms with Gasteiger partial charge < -0.3 is 15.4 Å². The number of nitrogens with one attached hydrogen (secondary N) is 2. The highest BCUT2D eigenvalue weighted by molar-refractivity contribution is 6.03. The number of ether oxygens (including phenoxy) is 1. The zero-order valence-corrected chi connectivity index (χ0v) is 14.9. The van der Waals surface area contributed by atoms with Crippen molar-refractivity contribution in [3.63, 3.8) is 0 Å². The molecule has 2 aromatic carbocycles. The number of aryl methyl sites for hydroxylation is 1. The Kier molecular flexibility index (Phi) is 6.91. The lowest BCUT2D eigenvalue weighted by Gasteiger charge is -2.08. The number of carbonyl (C=O) groups excluding carboxylic acids is 3. The largest absolute Gasteiger partial charge is 0.462 e. The summed E-state index contributed by atoms with van der Waals surface area (Å²) >= 11 is 0. The maximum atomic E-state index is 11.9. The summed E-state index contributed by atoms with van der Waals surface area (Å²) < 4.78 is 4.89. The average molecular weight is 354 g/mol. The van der Waals surface area contributed by atoms with E-state index in [1.165, 1.54) is 0 Å². The lowest BCUT2D eigenvalue weighted by atomic mass is 10.1. The third-order valence-electron chi connectivity index (χ3n) is 3.57. The fraction of sp³-hybridized carbons (Fsp3) is 0.250. The van der Waals surface area contributed by atoms with Gasteiger partial charge in [-0.05, 0) is 43.7 Å². The van der Waals surface area contributed by atoms with E-state index in [2.05, 4.69) is 10.6 Å². The molecule has 0 saturated heterocycles. The van der Waals surface area contributed by atoms with Gasteiger partial charge >= 0.3 is 5.97 Å². The molecule has 2 amide bonds. The fourth-order valence-corrected chi connectivity index (χ4v) is 2.34. The molecule has 2 aromatic rings. The minimum atomic E-state index is -0.421. The maximum Gasteiger partial charge on any atom is 0.338 e. The zero-order chi connectivity index (χ0) is 18.9. The van der Waals surface area contributed by atoms with Crippen molar-refractivity contribution in [3.05, 3.63) is 65.2 Å². The summed E-state index contributed by atoms with van der Waals surface area (Å²) in [7, 11) is 0. The van der Waals surface area contributed by atoms with Crippen molar-refractivity contribution in [1.82, 2.24) is 5.32 Å². The standard InChI is InChI=1S/C20H22N2O4/c1-3-26-20(25)16-7-9-17(10-8-16)22-19(24)12-18(23)21-13-15-6-4-5-14(2)11-15/h4-11H,3,12-13H2,1-2H3,(H,21,23)(H,22,24). The first-order chi connectivity index (χ1) is 12.5. The third kappa shape index (κ3) is 6.05. The van der Waals surface area contributed by atoms with Crippen molar-refractivity contribution in [3.8, 4) is 0 Å². The second-order valence-electron chi connectivity index (χ2n) is 5.79. The summed E-state index contributed by atoms with van der Waals surface area (Å²) in [6.45, 7) is 4.39. The molecular weight excluding hydrogens is 332 g/mol. The van der Waals surface area contributed by atoms with E-state index in [1.54, 1.807) is 31.2 Å². The summed E-state index contributed by atoms with van der Waals surface area (Å²) in [5.74, 6) is -1.19. The van der Waals surface area contributed by atoms with Gasteiger partial charge in [0.25, 0.3) is 0 Å². The summed E-state index contributed by atoms with van der Waals surface area (Å²) in [6, 6.07) is 14.1. The molecule has 0 heterocycles. The van der Waals surface area contributed by atoms with Gasteiger partial charge in [-0.3, -0.25) is 9.59 Å². The van der Waals surface area contributed by atoms with Crippen LogP contribution in [0.3, 0.4) is 0 Å². The van der Waals surface area contributed by atoms with Gasteiger partial charge in [0.2, 0.25) is 11.8 Å². The van der Waals surface area contributed by atoms with E-state index in [0.717, 1.165) is 11.1 Å². The molecule has 0 fully saturated rings. The van der Waals surface area contributed by atoms with Gasteiger partial charge in [-0.1, -0.05) is 29.8 Å². The molecule has 0 atom stereocenters. The predicted molar refractivity (Wildman–Crippen MR) is 98.7 cm³/mol. The van der Waals surface area contributed by atoms with Gasteiger partial charge in [-0.2, -0.15) is 0 Å². The first-order valence-corrected chi connectivity index (χ1v) is 8.37. The molecule has 0 aromatic heterocycles. The molecule has 136 valence electrons. The molecule has 0 spiro atoms. The van der Waals surface area contributed by atoms with Crippen molar-refractivity contribution in [2.45, 2.75) is 26.8 Å². The Labute approximate surface area is 152 Å². The molecule has 6 heteroatoms. The van der Waals surface area contributed by atoms with Gasteiger partial charge in [0.15, 0.2) is 0 Å². The summed E-state index contributed by atoms with van der Waals surface area (Å²) in [5.41, 5.74) is 3.00. The molecule has 0 aliphatic carbocycles. The molecular formula is C20H22N2O4. The first-order valence-electron chi connectivity index (χ1n) is 8.37. The third-order valence-corrected chi connectivity index (χ3v) is 3.57. The van der Waals surface area contributed by atoms with E-state index in [-0.39, 0.29) is 12.3 Å². The minimum Gasteiger partial charge on any atom is -0.462 e. The van der Waals surface area contributed by atoms with Gasteiger partial charge in [0, 0.05) is 12.2 Å². The van der Waals surface area contributed by atoms with E-state index in [1.807, 2.05) is 31.2 Å². The quantitative estimate of drug-likeness (QED) is 0.591. The number of benzene rings is 2. The van der Waals surface area contributed by atoms with E-state index in [4.69, 9.17) is 4.74 Å². The highest BCUT2D eigenvalue weighted by Gasteiger charge is 2.11. The Bertz CT molecular complexity index is 785. The molecule has 2 N–H and O–H groups in total. The van der Waals surface area contributed by atoms with Gasteiger partial charge in [0.05, 0.1) is 12.2 Å². The lowest BCUT2D eigenvalue weighted by molar-refractivity contribution is -0.126. The zero-order valence-electron chi connectivity index (χ0n) is 14.9. The second kappa shape index (κ2) is 9.36. The van der Waals surface area contributed by atoms with Crippen molar-refractivity contribution < 1.29 is 19.1 Å². The van der Waals surface area contributed by atoms with Crippen LogP contribution >= 0.6 is 0 Å². The molecule has 6 nitrogen and oxygen atoms in total. The van der Waals surface area contributed by atoms with Crippen LogP contribution in [0.1, 0.15) is 34.8 Å². The predicted octanol–water partition coefficient (Wildman–Crippen LogP) is 2.82. The van der Waals surface area contributed by atoms with Crippen LogP contribution in [0.4, 0.5) is 5.69 Å². The molecule has 0 aliphatic heterocycles. The van der Waals surface area contributed by atoms with Crippen molar-refractivity contribution in [1.29, 1.82) is 0 Å². The number of esters is 1. The van der Waals surface area contributed by atoms with Crippen LogP contribution in [0.25, 0.3) is 0 Å². The Morgan fingerprint density at radius 3 is 2.38 bits per heavy atom. The van der Waals surface area contributed by atoms with Gasteiger partial charge in [-0.25, -0.2) is 4.79 Å². The average Bonchev–Trinajstić information content (AvgIpc) is 2.61. The Balaban J connectivity index is 1.80. The highest BCUT2D eigenvalue weighted by Crippen LogP contribution is 2.11. The van der Waals surface area contributed by atoms with Crippen LogP contribution in [0, 0.1) is 6.92 Å². The molecule has 0 bridgehead atoms. The Morgan fingerprint density at radius 2 is 1.73 bits per heavy atom.